The first-order valence-electron chi connectivity index (χ1n) is 5.27. The van der Waals surface area contributed by atoms with Gasteiger partial charge in [0.15, 0.2) is 0 Å². The first-order valence-corrected chi connectivity index (χ1v) is 6.15. The van der Waals surface area contributed by atoms with Gasteiger partial charge in [0.1, 0.15) is 11.5 Å². The van der Waals surface area contributed by atoms with Gasteiger partial charge in [-0.1, -0.05) is 0 Å². The number of hydrogen-bond donors (Lipinski definition) is 3. The molecular weight excluding hydrogens is 252 g/mol. The van der Waals surface area contributed by atoms with Crippen LogP contribution in [-0.4, -0.2) is 21.1 Å². The average molecular weight is 264 g/mol. The van der Waals surface area contributed by atoms with Crippen LogP contribution in [0.4, 0.5) is 0 Å². The minimum atomic E-state index is -0.434. The molecule has 1 heterocycles. The number of phenolic OH excluding ortho intramolecular Hbond substituents is 2. The fourth-order valence-electron chi connectivity index (χ4n) is 1.46. The fraction of sp³-hybridized carbons (Fsp3) is 0.167. The topological polar surface area (TPSA) is 82.5 Å². The molecule has 5 nitrogen and oxygen atoms in total. The first kappa shape index (κ1) is 12.4. The minimum absolute atomic E-state index is 0.0529. The van der Waals surface area contributed by atoms with E-state index >= 15 is 0 Å². The standard InChI is InChI=1S/C12H12N2O3S/c1-7-11(18-6-14-7)5-13-12(17)9-4-8(15)2-3-10(9)16/h2-4,6,15-16H,5H2,1H3,(H,13,17). The van der Waals surface area contributed by atoms with Gasteiger partial charge in [-0.25, -0.2) is 4.98 Å². The normalized spacial score (nSPS) is 10.3. The van der Waals surface area contributed by atoms with Crippen molar-refractivity contribution in [2.45, 2.75) is 13.5 Å². The predicted octanol–water partition coefficient (Wildman–Crippen LogP) is 1.79. The zero-order chi connectivity index (χ0) is 13.1. The van der Waals surface area contributed by atoms with E-state index in [1.165, 1.54) is 29.5 Å². The van der Waals surface area contributed by atoms with E-state index in [4.69, 9.17) is 0 Å². The quantitative estimate of drug-likeness (QED) is 0.738. The van der Waals surface area contributed by atoms with Crippen molar-refractivity contribution in [1.29, 1.82) is 0 Å². The third-order valence-electron chi connectivity index (χ3n) is 2.48. The maximum Gasteiger partial charge on any atom is 0.255 e. The van der Waals surface area contributed by atoms with E-state index in [0.717, 1.165) is 10.6 Å². The van der Waals surface area contributed by atoms with Crippen LogP contribution < -0.4 is 5.32 Å². The van der Waals surface area contributed by atoms with Crippen LogP contribution >= 0.6 is 11.3 Å². The Morgan fingerprint density at radius 2 is 2.22 bits per heavy atom. The SMILES string of the molecule is Cc1ncsc1CNC(=O)c1cc(O)ccc1O. The van der Waals surface area contributed by atoms with Crippen molar-refractivity contribution in [2.75, 3.05) is 0 Å². The lowest BCUT2D eigenvalue weighted by Crippen LogP contribution is -2.22. The molecule has 0 saturated carbocycles. The molecule has 0 bridgehead atoms. The van der Waals surface area contributed by atoms with Gasteiger partial charge >= 0.3 is 0 Å². The zero-order valence-electron chi connectivity index (χ0n) is 9.67. The summed E-state index contributed by atoms with van der Waals surface area (Å²) in [6, 6.07) is 3.83. The summed E-state index contributed by atoms with van der Waals surface area (Å²) in [4.78, 5) is 16.9. The van der Waals surface area contributed by atoms with Gasteiger partial charge in [0.05, 0.1) is 23.3 Å². The number of carbonyl (C=O) groups is 1. The largest absolute Gasteiger partial charge is 0.508 e. The van der Waals surface area contributed by atoms with Crippen LogP contribution in [0.1, 0.15) is 20.9 Å². The lowest BCUT2D eigenvalue weighted by molar-refractivity contribution is 0.0948. The summed E-state index contributed by atoms with van der Waals surface area (Å²) in [5, 5.41) is 21.5. The van der Waals surface area contributed by atoms with Crippen LogP contribution in [0.2, 0.25) is 0 Å². The molecule has 94 valence electrons. The van der Waals surface area contributed by atoms with Crippen molar-refractivity contribution in [2.24, 2.45) is 0 Å². The van der Waals surface area contributed by atoms with Crippen LogP contribution in [-0.2, 0) is 6.54 Å². The summed E-state index contributed by atoms with van der Waals surface area (Å²) in [7, 11) is 0. The molecule has 3 N–H and O–H groups in total. The third kappa shape index (κ3) is 2.60. The average Bonchev–Trinajstić information content (AvgIpc) is 2.75. The third-order valence-corrected chi connectivity index (χ3v) is 3.41. The predicted molar refractivity (Wildman–Crippen MR) is 67.8 cm³/mol. The van der Waals surface area contributed by atoms with Gasteiger partial charge < -0.3 is 15.5 Å². The number of aromatic hydroxyl groups is 2. The summed E-state index contributed by atoms with van der Waals surface area (Å²) in [5.74, 6) is -0.658. The summed E-state index contributed by atoms with van der Waals surface area (Å²) < 4.78 is 0. The van der Waals surface area contributed by atoms with E-state index < -0.39 is 5.91 Å². The Hall–Kier alpha value is -2.08. The molecule has 2 aromatic rings. The smallest absolute Gasteiger partial charge is 0.255 e. The number of aryl methyl sites for hydroxylation is 1. The number of carbonyl (C=O) groups excluding carboxylic acids is 1. The van der Waals surface area contributed by atoms with Crippen molar-refractivity contribution in [3.8, 4) is 11.5 Å². The van der Waals surface area contributed by atoms with Crippen LogP contribution in [0.5, 0.6) is 11.5 Å². The molecule has 0 aliphatic carbocycles. The highest BCUT2D eigenvalue weighted by molar-refractivity contribution is 7.09. The zero-order valence-corrected chi connectivity index (χ0v) is 10.5. The van der Waals surface area contributed by atoms with Gasteiger partial charge in [0, 0.05) is 4.88 Å². The summed E-state index contributed by atoms with van der Waals surface area (Å²) >= 11 is 1.46. The van der Waals surface area contributed by atoms with E-state index in [9.17, 15) is 15.0 Å². The highest BCUT2D eigenvalue weighted by Gasteiger charge is 2.12. The van der Waals surface area contributed by atoms with E-state index in [0.29, 0.717) is 6.54 Å². The number of nitrogens with one attached hydrogen (secondary N) is 1. The van der Waals surface area contributed by atoms with Crippen molar-refractivity contribution >= 4 is 17.2 Å². The van der Waals surface area contributed by atoms with Gasteiger partial charge in [0.2, 0.25) is 0 Å². The molecule has 0 radical (unpaired) electrons. The van der Waals surface area contributed by atoms with E-state index in [1.54, 1.807) is 5.51 Å². The second-order valence-corrected chi connectivity index (χ2v) is 4.68. The molecule has 0 fully saturated rings. The maximum atomic E-state index is 11.8. The van der Waals surface area contributed by atoms with Crippen LogP contribution in [0, 0.1) is 6.92 Å². The fourth-order valence-corrected chi connectivity index (χ4v) is 2.17. The molecule has 1 aromatic heterocycles. The van der Waals surface area contributed by atoms with E-state index in [2.05, 4.69) is 10.3 Å². The van der Waals surface area contributed by atoms with E-state index in [-0.39, 0.29) is 17.1 Å². The van der Waals surface area contributed by atoms with Gasteiger partial charge in [0.25, 0.3) is 5.91 Å². The van der Waals surface area contributed by atoms with Crippen LogP contribution in [0.3, 0.4) is 0 Å². The highest BCUT2D eigenvalue weighted by Crippen LogP contribution is 2.22. The highest BCUT2D eigenvalue weighted by atomic mass is 32.1. The Kier molecular flexibility index (Phi) is 3.47. The number of thiazole rings is 1. The molecule has 2 rings (SSSR count). The van der Waals surface area contributed by atoms with Crippen molar-refractivity contribution in [3.63, 3.8) is 0 Å². The van der Waals surface area contributed by atoms with Crippen LogP contribution in [0.15, 0.2) is 23.7 Å². The molecule has 0 unspecified atom stereocenters. The molecule has 0 aliphatic heterocycles. The van der Waals surface area contributed by atoms with Gasteiger partial charge in [-0.15, -0.1) is 11.3 Å². The van der Waals surface area contributed by atoms with Gasteiger partial charge in [-0.05, 0) is 25.1 Å². The Balaban J connectivity index is 2.08. The number of hydrogen-bond acceptors (Lipinski definition) is 5. The Morgan fingerprint density at radius 3 is 2.89 bits per heavy atom. The molecule has 0 aliphatic rings. The lowest BCUT2D eigenvalue weighted by Gasteiger charge is -2.06. The number of amides is 1. The Bertz CT molecular complexity index is 580. The molecule has 6 heteroatoms. The number of rotatable bonds is 3. The first-order chi connectivity index (χ1) is 8.58. The number of benzene rings is 1. The second-order valence-electron chi connectivity index (χ2n) is 3.75. The maximum absolute atomic E-state index is 11.8. The number of phenols is 2. The number of nitrogens with zero attached hydrogens (tertiary/aromatic N) is 1. The Morgan fingerprint density at radius 1 is 1.44 bits per heavy atom. The van der Waals surface area contributed by atoms with Crippen molar-refractivity contribution in [1.82, 2.24) is 10.3 Å². The summed E-state index contributed by atoms with van der Waals surface area (Å²) in [6.45, 7) is 2.22. The van der Waals surface area contributed by atoms with E-state index in [1.807, 2.05) is 6.92 Å². The van der Waals surface area contributed by atoms with Gasteiger partial charge in [-0.3, -0.25) is 4.79 Å². The molecule has 1 amide bonds. The molecular formula is C12H12N2O3S. The van der Waals surface area contributed by atoms with Gasteiger partial charge in [-0.2, -0.15) is 0 Å². The monoisotopic (exact) mass is 264 g/mol. The van der Waals surface area contributed by atoms with Crippen molar-refractivity contribution in [3.05, 3.63) is 39.8 Å². The summed E-state index contributed by atoms with van der Waals surface area (Å²) in [6.07, 6.45) is 0. The molecule has 0 saturated heterocycles. The number of aromatic nitrogens is 1. The lowest BCUT2D eigenvalue weighted by atomic mass is 10.1. The Labute approximate surface area is 108 Å². The van der Waals surface area contributed by atoms with Crippen molar-refractivity contribution < 1.29 is 15.0 Å². The summed E-state index contributed by atoms with van der Waals surface area (Å²) in [5.41, 5.74) is 2.64. The molecule has 0 spiro atoms. The molecule has 0 atom stereocenters. The van der Waals surface area contributed by atoms with Crippen LogP contribution in [0.25, 0.3) is 0 Å². The minimum Gasteiger partial charge on any atom is -0.508 e. The second kappa shape index (κ2) is 5.05. The molecule has 18 heavy (non-hydrogen) atoms. The molecule has 1 aromatic carbocycles.